The molecule has 0 bridgehead atoms. The number of carbonyl (C=O) groups excluding carboxylic acids is 1. The first-order valence-electron chi connectivity index (χ1n) is 8.12. The maximum Gasteiger partial charge on any atom is 0.410 e. The quantitative estimate of drug-likeness (QED) is 0.795. The smallest absolute Gasteiger partial charge is 0.410 e. The van der Waals surface area contributed by atoms with Gasteiger partial charge in [-0.1, -0.05) is 0 Å². The summed E-state index contributed by atoms with van der Waals surface area (Å²) in [6, 6.07) is 2.46. The predicted octanol–water partition coefficient (Wildman–Crippen LogP) is 3.51. The molecule has 1 aromatic rings. The van der Waals surface area contributed by atoms with E-state index in [4.69, 9.17) is 4.74 Å². The first kappa shape index (κ1) is 15.8. The van der Waals surface area contributed by atoms with Crippen LogP contribution in [0.3, 0.4) is 0 Å². The minimum Gasteiger partial charge on any atom is -0.444 e. The van der Waals surface area contributed by atoms with Crippen molar-refractivity contribution >= 4 is 17.4 Å². The summed E-state index contributed by atoms with van der Waals surface area (Å²) in [6.07, 6.45) is 2.98. The molecular weight excluding hydrogens is 296 g/mol. The molecule has 1 amide bonds. The Balaban J connectivity index is 1.84. The van der Waals surface area contributed by atoms with E-state index in [2.05, 4.69) is 23.7 Å². The van der Waals surface area contributed by atoms with Gasteiger partial charge in [0, 0.05) is 24.0 Å². The summed E-state index contributed by atoms with van der Waals surface area (Å²) in [5.74, 6) is 0. The van der Waals surface area contributed by atoms with Gasteiger partial charge in [-0.2, -0.15) is 0 Å². The minimum absolute atomic E-state index is 0.0863. The normalized spacial score (nSPS) is 28.5. The molecule has 0 aliphatic carbocycles. The van der Waals surface area contributed by atoms with E-state index < -0.39 is 5.60 Å². The predicted molar refractivity (Wildman–Crippen MR) is 89.3 cm³/mol. The molecule has 1 spiro atoms. The Bertz CT molecular complexity index is 563. The molecule has 2 aliphatic rings. The number of nitrogens with zero attached hydrogens (tertiary/aromatic N) is 1. The van der Waals surface area contributed by atoms with Gasteiger partial charge in [0.25, 0.3) is 0 Å². The van der Waals surface area contributed by atoms with Crippen molar-refractivity contribution in [3.63, 3.8) is 0 Å². The maximum atomic E-state index is 12.6. The van der Waals surface area contributed by atoms with Crippen molar-refractivity contribution in [3.05, 3.63) is 21.9 Å². The molecule has 1 aromatic heterocycles. The van der Waals surface area contributed by atoms with Gasteiger partial charge >= 0.3 is 6.09 Å². The molecule has 2 aliphatic heterocycles. The lowest BCUT2D eigenvalue weighted by Crippen LogP contribution is -2.60. The third-order valence-electron chi connectivity index (χ3n) is 4.67. The van der Waals surface area contributed by atoms with Gasteiger partial charge in [-0.15, -0.1) is 11.3 Å². The SMILES string of the molecule is CC1CCC2(CN1C(=O)OC(C)(C)C)NCCc1sccc12. The topological polar surface area (TPSA) is 41.6 Å². The molecular formula is C17H26N2O2S. The lowest BCUT2D eigenvalue weighted by Gasteiger charge is -2.48. The molecule has 4 nitrogen and oxygen atoms in total. The van der Waals surface area contributed by atoms with E-state index in [1.54, 1.807) is 0 Å². The summed E-state index contributed by atoms with van der Waals surface area (Å²) in [7, 11) is 0. The molecule has 3 rings (SSSR count). The average Bonchev–Trinajstić information content (AvgIpc) is 2.90. The molecule has 0 aromatic carbocycles. The van der Waals surface area contributed by atoms with E-state index in [0.29, 0.717) is 6.54 Å². The minimum atomic E-state index is -0.449. The van der Waals surface area contributed by atoms with Gasteiger partial charge in [0.05, 0.1) is 5.54 Å². The number of hydrogen-bond donors (Lipinski definition) is 1. The van der Waals surface area contributed by atoms with E-state index in [-0.39, 0.29) is 17.7 Å². The van der Waals surface area contributed by atoms with Crippen molar-refractivity contribution in [2.75, 3.05) is 13.1 Å². The Morgan fingerprint density at radius 2 is 2.27 bits per heavy atom. The standard InChI is InChI=1S/C17H26N2O2S/c1-12-5-8-17(11-19(12)15(20)21-16(2,3)4)13-7-10-22-14(13)6-9-18-17/h7,10,12,18H,5-6,8-9,11H2,1-4H3. The molecule has 5 heteroatoms. The van der Waals surface area contributed by atoms with Crippen LogP contribution in [0, 0.1) is 0 Å². The molecule has 0 radical (unpaired) electrons. The Labute approximate surface area is 136 Å². The first-order valence-corrected chi connectivity index (χ1v) is 9.00. The number of likely N-dealkylation sites (tertiary alicyclic amines) is 1. The number of ether oxygens (including phenoxy) is 1. The number of nitrogens with one attached hydrogen (secondary N) is 1. The Kier molecular flexibility index (Phi) is 3.98. The number of carbonyl (C=O) groups is 1. The van der Waals surface area contributed by atoms with Gasteiger partial charge in [0.15, 0.2) is 0 Å². The van der Waals surface area contributed by atoms with Crippen molar-refractivity contribution in [2.45, 2.75) is 64.1 Å². The number of rotatable bonds is 0. The fourth-order valence-corrected chi connectivity index (χ4v) is 4.52. The summed E-state index contributed by atoms with van der Waals surface area (Å²) in [5.41, 5.74) is 0.857. The molecule has 2 atom stereocenters. The van der Waals surface area contributed by atoms with Gasteiger partial charge in [-0.25, -0.2) is 4.79 Å². The van der Waals surface area contributed by atoms with Crippen molar-refractivity contribution in [1.82, 2.24) is 10.2 Å². The molecule has 1 saturated heterocycles. The van der Waals surface area contributed by atoms with E-state index in [9.17, 15) is 4.79 Å². The van der Waals surface area contributed by atoms with E-state index in [0.717, 1.165) is 25.8 Å². The summed E-state index contributed by atoms with van der Waals surface area (Å²) in [5, 5.41) is 5.88. The Morgan fingerprint density at radius 1 is 1.50 bits per heavy atom. The Morgan fingerprint density at radius 3 is 3.00 bits per heavy atom. The van der Waals surface area contributed by atoms with Crippen molar-refractivity contribution < 1.29 is 9.53 Å². The van der Waals surface area contributed by atoms with E-state index >= 15 is 0 Å². The van der Waals surface area contributed by atoms with Crippen LogP contribution in [0.4, 0.5) is 4.79 Å². The lowest BCUT2D eigenvalue weighted by molar-refractivity contribution is -0.00334. The number of amides is 1. The summed E-state index contributed by atoms with van der Waals surface area (Å²) in [6.45, 7) is 9.58. The second kappa shape index (κ2) is 5.53. The lowest BCUT2D eigenvalue weighted by atomic mass is 9.78. The van der Waals surface area contributed by atoms with Crippen LogP contribution in [0.1, 0.15) is 51.0 Å². The van der Waals surface area contributed by atoms with E-state index in [1.807, 2.05) is 37.0 Å². The Hall–Kier alpha value is -1.07. The second-order valence-corrected chi connectivity index (χ2v) is 8.51. The van der Waals surface area contributed by atoms with Crippen molar-refractivity contribution in [1.29, 1.82) is 0 Å². The number of piperidine rings is 1. The highest BCUT2D eigenvalue weighted by Gasteiger charge is 2.44. The highest BCUT2D eigenvalue weighted by atomic mass is 32.1. The maximum absolute atomic E-state index is 12.6. The van der Waals surface area contributed by atoms with Crippen molar-refractivity contribution in [3.8, 4) is 0 Å². The summed E-state index contributed by atoms with van der Waals surface area (Å²) >= 11 is 1.84. The molecule has 3 heterocycles. The van der Waals surface area contributed by atoms with Crippen LogP contribution in [0.5, 0.6) is 0 Å². The van der Waals surface area contributed by atoms with Crippen LogP contribution in [-0.4, -0.2) is 35.7 Å². The van der Waals surface area contributed by atoms with Crippen LogP contribution >= 0.6 is 11.3 Å². The van der Waals surface area contributed by atoms with Gasteiger partial charge in [-0.3, -0.25) is 0 Å². The fraction of sp³-hybridized carbons (Fsp3) is 0.706. The number of hydrogen-bond acceptors (Lipinski definition) is 4. The zero-order chi connectivity index (χ0) is 16.0. The number of thiophene rings is 1. The summed E-state index contributed by atoms with van der Waals surface area (Å²) in [4.78, 5) is 16.0. The molecule has 22 heavy (non-hydrogen) atoms. The van der Waals surface area contributed by atoms with Gasteiger partial charge in [0.1, 0.15) is 5.60 Å². The van der Waals surface area contributed by atoms with Crippen LogP contribution in [0.25, 0.3) is 0 Å². The highest BCUT2D eigenvalue weighted by Crippen LogP contribution is 2.40. The molecule has 0 saturated carbocycles. The zero-order valence-electron chi connectivity index (χ0n) is 13.9. The third-order valence-corrected chi connectivity index (χ3v) is 5.65. The van der Waals surface area contributed by atoms with Crippen LogP contribution in [-0.2, 0) is 16.7 Å². The third kappa shape index (κ3) is 2.88. The van der Waals surface area contributed by atoms with Crippen LogP contribution in [0.2, 0.25) is 0 Å². The zero-order valence-corrected chi connectivity index (χ0v) is 14.8. The largest absolute Gasteiger partial charge is 0.444 e. The fourth-order valence-electron chi connectivity index (χ4n) is 3.54. The molecule has 1 N–H and O–H groups in total. The average molecular weight is 322 g/mol. The van der Waals surface area contributed by atoms with Crippen LogP contribution < -0.4 is 5.32 Å². The van der Waals surface area contributed by atoms with Gasteiger partial charge in [0.2, 0.25) is 0 Å². The first-order chi connectivity index (χ1) is 10.3. The molecule has 2 unspecified atom stereocenters. The molecule has 1 fully saturated rings. The highest BCUT2D eigenvalue weighted by molar-refractivity contribution is 7.10. The van der Waals surface area contributed by atoms with Gasteiger partial charge < -0.3 is 15.0 Å². The molecule has 122 valence electrons. The van der Waals surface area contributed by atoms with E-state index in [1.165, 1.54) is 10.4 Å². The summed E-state index contributed by atoms with van der Waals surface area (Å²) < 4.78 is 5.61. The monoisotopic (exact) mass is 322 g/mol. The van der Waals surface area contributed by atoms with Crippen LogP contribution in [0.15, 0.2) is 11.4 Å². The number of fused-ring (bicyclic) bond motifs is 2. The van der Waals surface area contributed by atoms with Crippen molar-refractivity contribution in [2.24, 2.45) is 0 Å². The second-order valence-electron chi connectivity index (χ2n) is 7.51. The van der Waals surface area contributed by atoms with Gasteiger partial charge in [-0.05, 0) is 64.0 Å².